The molecule has 2 aliphatic rings. The number of amides is 1. The summed E-state index contributed by atoms with van der Waals surface area (Å²) in [5, 5.41) is 9.16. The predicted molar refractivity (Wildman–Crippen MR) is 76.2 cm³/mol. The first-order chi connectivity index (χ1) is 10.5. The van der Waals surface area contributed by atoms with Gasteiger partial charge in [0.1, 0.15) is 18.2 Å². The number of alkyl halides is 2. The lowest BCUT2D eigenvalue weighted by Crippen LogP contribution is -2.48. The van der Waals surface area contributed by atoms with Gasteiger partial charge in [0.25, 0.3) is 5.92 Å². The number of carbonyl (C=O) groups is 2. The number of halogens is 2. The average molecular weight is 335 g/mol. The number of hydrogen-bond acceptors (Lipinski definition) is 5. The van der Waals surface area contributed by atoms with Crippen LogP contribution in [0.5, 0.6) is 0 Å². The van der Waals surface area contributed by atoms with E-state index in [1.807, 2.05) is 0 Å². The van der Waals surface area contributed by atoms with Crippen molar-refractivity contribution in [3.8, 4) is 0 Å². The Kier molecular flexibility index (Phi) is 4.96. The van der Waals surface area contributed by atoms with Crippen LogP contribution >= 0.6 is 0 Å². The van der Waals surface area contributed by atoms with Crippen molar-refractivity contribution in [2.45, 2.75) is 57.3 Å². The Hall–Kier alpha value is -1.28. The van der Waals surface area contributed by atoms with Gasteiger partial charge in [0, 0.05) is 25.3 Å². The van der Waals surface area contributed by atoms with Crippen LogP contribution in [0.4, 0.5) is 13.6 Å². The van der Waals surface area contributed by atoms with Crippen molar-refractivity contribution >= 4 is 11.9 Å². The lowest BCUT2D eigenvalue weighted by molar-refractivity contribution is -0.130. The zero-order valence-electron chi connectivity index (χ0n) is 13.6. The van der Waals surface area contributed by atoms with Crippen molar-refractivity contribution in [1.82, 2.24) is 4.90 Å². The Morgan fingerprint density at radius 1 is 1.39 bits per heavy atom. The highest BCUT2D eigenvalue weighted by Crippen LogP contribution is 2.39. The highest BCUT2D eigenvalue weighted by molar-refractivity contribution is 5.89. The minimum absolute atomic E-state index is 0.0500. The van der Waals surface area contributed by atoms with Crippen molar-refractivity contribution in [3.63, 3.8) is 0 Å². The van der Waals surface area contributed by atoms with E-state index in [2.05, 4.69) is 0 Å². The van der Waals surface area contributed by atoms with Crippen molar-refractivity contribution in [1.29, 1.82) is 0 Å². The Morgan fingerprint density at radius 3 is 2.61 bits per heavy atom. The van der Waals surface area contributed by atoms with E-state index < -0.39 is 60.9 Å². The maximum absolute atomic E-state index is 13.8. The number of rotatable bonds is 2. The second-order valence-electron chi connectivity index (χ2n) is 7.11. The standard InChI is InChI=1S/C15H23F2NO5/c1-14(2,3)23-13(21)18-7-9-6-15(16,17)4-5-22-12(9)11(18)10(20)8-19/h9,11-12,19H,4-8H2,1-3H3/t9-,11+,12+/m0/s1. The van der Waals surface area contributed by atoms with Crippen LogP contribution in [0.1, 0.15) is 33.6 Å². The largest absolute Gasteiger partial charge is 0.444 e. The van der Waals surface area contributed by atoms with Crippen LogP contribution in [0, 0.1) is 5.92 Å². The smallest absolute Gasteiger partial charge is 0.411 e. The van der Waals surface area contributed by atoms with Crippen LogP contribution in [-0.2, 0) is 14.3 Å². The third-order valence-corrected chi connectivity index (χ3v) is 4.00. The van der Waals surface area contributed by atoms with Crippen LogP contribution in [0.2, 0.25) is 0 Å². The molecule has 0 aromatic rings. The van der Waals surface area contributed by atoms with Gasteiger partial charge in [0.2, 0.25) is 0 Å². The SMILES string of the molecule is CC(C)(C)OC(=O)N1C[C@@H]2CC(F)(F)CCO[C@H]2[C@H]1C(=O)CO. The Morgan fingerprint density at radius 2 is 2.04 bits per heavy atom. The highest BCUT2D eigenvalue weighted by atomic mass is 19.3. The molecule has 0 unspecified atom stereocenters. The molecule has 1 amide bonds. The summed E-state index contributed by atoms with van der Waals surface area (Å²) in [6.45, 7) is 4.00. The number of Topliss-reactive ketones (excluding diaryl/α,β-unsaturated/α-hetero) is 1. The average Bonchev–Trinajstić information content (AvgIpc) is 2.66. The van der Waals surface area contributed by atoms with E-state index in [1.54, 1.807) is 20.8 Å². The van der Waals surface area contributed by atoms with Crippen LogP contribution < -0.4 is 0 Å². The lowest BCUT2D eigenvalue weighted by atomic mass is 9.94. The summed E-state index contributed by atoms with van der Waals surface area (Å²) in [5.74, 6) is -4.19. The molecule has 3 atom stereocenters. The molecule has 0 saturated carbocycles. The monoisotopic (exact) mass is 335 g/mol. The third-order valence-electron chi connectivity index (χ3n) is 4.00. The molecule has 23 heavy (non-hydrogen) atoms. The van der Waals surface area contributed by atoms with Gasteiger partial charge in [0.05, 0.1) is 12.7 Å². The molecule has 0 spiro atoms. The second kappa shape index (κ2) is 6.32. The molecule has 8 heteroatoms. The molecule has 2 rings (SSSR count). The minimum atomic E-state index is -2.89. The summed E-state index contributed by atoms with van der Waals surface area (Å²) in [5.41, 5.74) is -0.778. The molecule has 0 bridgehead atoms. The molecule has 132 valence electrons. The zero-order chi connectivity index (χ0) is 17.4. The number of ether oxygens (including phenoxy) is 2. The van der Waals surface area contributed by atoms with E-state index in [1.165, 1.54) is 0 Å². The van der Waals surface area contributed by atoms with Crippen molar-refractivity contribution in [2.24, 2.45) is 5.92 Å². The first kappa shape index (κ1) is 18.1. The summed E-state index contributed by atoms with van der Waals surface area (Å²) in [6, 6.07) is -1.09. The van der Waals surface area contributed by atoms with Crippen LogP contribution in [0.15, 0.2) is 0 Å². The molecule has 0 aromatic carbocycles. The van der Waals surface area contributed by atoms with Gasteiger partial charge in [-0.1, -0.05) is 0 Å². The van der Waals surface area contributed by atoms with Gasteiger partial charge < -0.3 is 14.6 Å². The quantitative estimate of drug-likeness (QED) is 0.829. The molecule has 0 aliphatic carbocycles. The molecule has 2 fully saturated rings. The zero-order valence-corrected chi connectivity index (χ0v) is 13.6. The molecule has 0 aromatic heterocycles. The fourth-order valence-electron chi connectivity index (χ4n) is 3.10. The highest BCUT2D eigenvalue weighted by Gasteiger charge is 2.53. The summed E-state index contributed by atoms with van der Waals surface area (Å²) in [7, 11) is 0. The number of carbonyl (C=O) groups excluding carboxylic acids is 2. The van der Waals surface area contributed by atoms with Gasteiger partial charge in [-0.15, -0.1) is 0 Å². The molecule has 2 aliphatic heterocycles. The normalized spacial score (nSPS) is 30.5. The molecular weight excluding hydrogens is 312 g/mol. The van der Waals surface area contributed by atoms with E-state index >= 15 is 0 Å². The summed E-state index contributed by atoms with van der Waals surface area (Å²) >= 11 is 0. The van der Waals surface area contributed by atoms with E-state index in [-0.39, 0.29) is 13.2 Å². The van der Waals surface area contributed by atoms with E-state index in [4.69, 9.17) is 14.6 Å². The number of likely N-dealkylation sites (tertiary alicyclic amines) is 1. The number of aliphatic hydroxyl groups is 1. The van der Waals surface area contributed by atoms with E-state index in [9.17, 15) is 18.4 Å². The first-order valence-corrected chi connectivity index (χ1v) is 7.67. The Bertz CT molecular complexity index is 477. The molecule has 0 radical (unpaired) electrons. The molecular formula is C15H23F2NO5. The lowest BCUT2D eigenvalue weighted by Gasteiger charge is -2.29. The van der Waals surface area contributed by atoms with Gasteiger partial charge in [-0.25, -0.2) is 13.6 Å². The van der Waals surface area contributed by atoms with Gasteiger partial charge in [-0.2, -0.15) is 0 Å². The minimum Gasteiger partial charge on any atom is -0.444 e. The van der Waals surface area contributed by atoms with Gasteiger partial charge >= 0.3 is 6.09 Å². The van der Waals surface area contributed by atoms with Crippen molar-refractivity contribution in [2.75, 3.05) is 19.8 Å². The first-order valence-electron chi connectivity index (χ1n) is 7.67. The van der Waals surface area contributed by atoms with E-state index in [0.717, 1.165) is 4.90 Å². The molecule has 1 N–H and O–H groups in total. The topological polar surface area (TPSA) is 76.1 Å². The van der Waals surface area contributed by atoms with Crippen molar-refractivity contribution < 1.29 is 33.0 Å². The second-order valence-corrected chi connectivity index (χ2v) is 7.11. The number of aliphatic hydroxyl groups excluding tert-OH is 1. The maximum atomic E-state index is 13.8. The summed E-state index contributed by atoms with van der Waals surface area (Å²) in [6.07, 6.45) is -2.46. The van der Waals surface area contributed by atoms with Gasteiger partial charge in [-0.05, 0) is 20.8 Å². The fraction of sp³-hybridized carbons (Fsp3) is 0.867. The van der Waals surface area contributed by atoms with Crippen LogP contribution in [0.25, 0.3) is 0 Å². The van der Waals surface area contributed by atoms with Crippen molar-refractivity contribution in [3.05, 3.63) is 0 Å². The molecule has 2 saturated heterocycles. The fourth-order valence-corrected chi connectivity index (χ4v) is 3.10. The molecule has 6 nitrogen and oxygen atoms in total. The van der Waals surface area contributed by atoms with Gasteiger partial charge in [0.15, 0.2) is 5.78 Å². The van der Waals surface area contributed by atoms with Crippen LogP contribution in [-0.4, -0.2) is 65.3 Å². The Labute approximate surface area is 133 Å². The predicted octanol–water partition coefficient (Wildman–Crippen LogP) is 1.60. The summed E-state index contributed by atoms with van der Waals surface area (Å²) in [4.78, 5) is 25.5. The number of hydrogen-bond donors (Lipinski definition) is 1. The summed E-state index contributed by atoms with van der Waals surface area (Å²) < 4.78 is 38.2. The molecule has 2 heterocycles. The Balaban J connectivity index is 2.25. The van der Waals surface area contributed by atoms with Gasteiger partial charge in [-0.3, -0.25) is 9.69 Å². The van der Waals surface area contributed by atoms with Crippen LogP contribution in [0.3, 0.4) is 0 Å². The number of fused-ring (bicyclic) bond motifs is 1. The maximum Gasteiger partial charge on any atom is 0.411 e. The number of ketones is 1. The number of nitrogens with zero attached hydrogens (tertiary/aromatic N) is 1. The third kappa shape index (κ3) is 4.17. The van der Waals surface area contributed by atoms with E-state index in [0.29, 0.717) is 0 Å².